The van der Waals surface area contributed by atoms with Crippen LogP contribution in [0.3, 0.4) is 0 Å². The Labute approximate surface area is 189 Å². The number of ether oxygens (including phenoxy) is 1. The second-order valence-corrected chi connectivity index (χ2v) is 9.67. The van der Waals surface area contributed by atoms with E-state index in [9.17, 15) is 14.4 Å². The molecule has 32 heavy (non-hydrogen) atoms. The van der Waals surface area contributed by atoms with Gasteiger partial charge in [-0.25, -0.2) is 4.79 Å². The molecule has 2 aromatic rings. The first kappa shape index (κ1) is 23.6. The molecule has 1 aliphatic heterocycles. The van der Waals surface area contributed by atoms with Gasteiger partial charge in [-0.05, 0) is 50.5 Å². The molecule has 7 nitrogen and oxygen atoms in total. The smallest absolute Gasteiger partial charge is 0.410 e. The van der Waals surface area contributed by atoms with Crippen molar-refractivity contribution in [1.29, 1.82) is 0 Å². The third-order valence-corrected chi connectivity index (χ3v) is 6.06. The van der Waals surface area contributed by atoms with E-state index >= 15 is 0 Å². The van der Waals surface area contributed by atoms with Gasteiger partial charge < -0.3 is 19.5 Å². The van der Waals surface area contributed by atoms with Crippen LogP contribution < -0.4 is 10.9 Å². The number of carbonyl (C=O) groups excluding carboxylic acids is 2. The van der Waals surface area contributed by atoms with Gasteiger partial charge in [0.15, 0.2) is 0 Å². The van der Waals surface area contributed by atoms with Crippen LogP contribution in [0.4, 0.5) is 4.79 Å². The molecular weight excluding hydrogens is 406 g/mol. The lowest BCUT2D eigenvalue weighted by Crippen LogP contribution is -2.54. The molecule has 2 amide bonds. The minimum absolute atomic E-state index is 0.0462. The van der Waals surface area contributed by atoms with Gasteiger partial charge in [-0.3, -0.25) is 9.59 Å². The summed E-state index contributed by atoms with van der Waals surface area (Å²) < 4.78 is 7.42. The average molecular weight is 440 g/mol. The van der Waals surface area contributed by atoms with E-state index in [0.717, 1.165) is 16.7 Å². The Balaban J connectivity index is 1.69. The summed E-state index contributed by atoms with van der Waals surface area (Å²) in [5, 5.41) is 2.93. The lowest BCUT2D eigenvalue weighted by molar-refractivity contribution is -0.121. The summed E-state index contributed by atoms with van der Waals surface area (Å²) in [6.07, 6.45) is 2.70. The normalized spacial score (nSPS) is 19.9. The Morgan fingerprint density at radius 1 is 1.16 bits per heavy atom. The summed E-state index contributed by atoms with van der Waals surface area (Å²) in [6.45, 7) is 9.87. The number of amides is 2. The second-order valence-electron chi connectivity index (χ2n) is 9.67. The van der Waals surface area contributed by atoms with Gasteiger partial charge >= 0.3 is 6.09 Å². The SMILES string of the molecule is CC(=O)NC(C)(C)C[C@]1(C)CCN([C@@H](C)c2ccc(-c3ccc(=O)n(C)c3)cc2)C(=O)O1. The van der Waals surface area contributed by atoms with E-state index in [-0.39, 0.29) is 23.6 Å². The van der Waals surface area contributed by atoms with E-state index < -0.39 is 11.1 Å². The second kappa shape index (κ2) is 8.81. The van der Waals surface area contributed by atoms with Crippen molar-refractivity contribution in [3.05, 3.63) is 58.5 Å². The lowest BCUT2D eigenvalue weighted by atomic mass is 9.84. The summed E-state index contributed by atoms with van der Waals surface area (Å²) in [7, 11) is 1.73. The van der Waals surface area contributed by atoms with Gasteiger partial charge in [0.1, 0.15) is 5.60 Å². The molecule has 1 saturated heterocycles. The zero-order chi connectivity index (χ0) is 23.7. The monoisotopic (exact) mass is 439 g/mol. The van der Waals surface area contributed by atoms with Crippen LogP contribution in [-0.2, 0) is 16.6 Å². The van der Waals surface area contributed by atoms with E-state index in [1.165, 1.54) is 6.92 Å². The van der Waals surface area contributed by atoms with Gasteiger partial charge in [0.25, 0.3) is 0 Å². The molecule has 1 aromatic heterocycles. The molecule has 0 spiro atoms. The van der Waals surface area contributed by atoms with E-state index in [0.29, 0.717) is 19.4 Å². The van der Waals surface area contributed by atoms with Crippen LogP contribution in [-0.4, -0.2) is 39.2 Å². The Kier molecular flexibility index (Phi) is 6.49. The molecule has 0 saturated carbocycles. The maximum atomic E-state index is 12.9. The van der Waals surface area contributed by atoms with Crippen LogP contribution in [0, 0.1) is 0 Å². The van der Waals surface area contributed by atoms with Gasteiger partial charge in [-0.1, -0.05) is 24.3 Å². The summed E-state index contributed by atoms with van der Waals surface area (Å²) in [6, 6.07) is 11.2. The Bertz CT molecular complexity index is 1060. The summed E-state index contributed by atoms with van der Waals surface area (Å²) in [5.41, 5.74) is 1.83. The summed E-state index contributed by atoms with van der Waals surface area (Å²) in [4.78, 5) is 37.7. The number of hydrogen-bond donors (Lipinski definition) is 1. The van der Waals surface area contributed by atoms with E-state index in [2.05, 4.69) is 5.32 Å². The molecule has 1 aliphatic rings. The van der Waals surface area contributed by atoms with Crippen LogP contribution in [0.15, 0.2) is 47.4 Å². The van der Waals surface area contributed by atoms with Crippen LogP contribution in [0.2, 0.25) is 0 Å². The van der Waals surface area contributed by atoms with Crippen molar-refractivity contribution < 1.29 is 14.3 Å². The third-order valence-electron chi connectivity index (χ3n) is 6.06. The van der Waals surface area contributed by atoms with Crippen molar-refractivity contribution in [1.82, 2.24) is 14.8 Å². The number of hydrogen-bond acceptors (Lipinski definition) is 4. The van der Waals surface area contributed by atoms with E-state index in [1.807, 2.05) is 64.2 Å². The molecule has 0 bridgehead atoms. The highest BCUT2D eigenvalue weighted by atomic mass is 16.6. The van der Waals surface area contributed by atoms with E-state index in [1.54, 1.807) is 22.6 Å². The number of aryl methyl sites for hydroxylation is 1. The largest absolute Gasteiger partial charge is 0.443 e. The van der Waals surface area contributed by atoms with Gasteiger partial charge in [0.2, 0.25) is 11.5 Å². The molecule has 0 aliphatic carbocycles. The van der Waals surface area contributed by atoms with Crippen molar-refractivity contribution in [3.8, 4) is 11.1 Å². The van der Waals surface area contributed by atoms with Crippen molar-refractivity contribution in [3.63, 3.8) is 0 Å². The number of nitrogens with one attached hydrogen (secondary N) is 1. The minimum atomic E-state index is -0.633. The molecule has 172 valence electrons. The summed E-state index contributed by atoms with van der Waals surface area (Å²) in [5.74, 6) is -0.0999. The minimum Gasteiger partial charge on any atom is -0.443 e. The zero-order valence-corrected chi connectivity index (χ0v) is 19.8. The maximum absolute atomic E-state index is 12.9. The zero-order valence-electron chi connectivity index (χ0n) is 19.8. The van der Waals surface area contributed by atoms with Crippen molar-refractivity contribution in [2.45, 2.75) is 64.6 Å². The van der Waals surface area contributed by atoms with Gasteiger partial charge in [0.05, 0.1) is 6.04 Å². The molecule has 0 radical (unpaired) electrons. The number of carbonyl (C=O) groups is 2. The van der Waals surface area contributed by atoms with Crippen molar-refractivity contribution in [2.24, 2.45) is 7.05 Å². The van der Waals surface area contributed by atoms with Gasteiger partial charge in [0, 0.05) is 51.2 Å². The standard InChI is InChI=1S/C25H33N3O4/c1-17(19-7-9-20(10-8-19)21-11-12-22(30)27(6)15-21)28-14-13-25(5,32-23(28)31)16-24(3,4)26-18(2)29/h7-12,15,17H,13-14,16H2,1-6H3,(H,26,29)/t17-,25-/m0/s1. The number of cyclic esters (lactones) is 1. The predicted octanol–water partition coefficient (Wildman–Crippen LogP) is 4.02. The Hall–Kier alpha value is -3.09. The summed E-state index contributed by atoms with van der Waals surface area (Å²) >= 11 is 0. The van der Waals surface area contributed by atoms with E-state index in [4.69, 9.17) is 4.74 Å². The Morgan fingerprint density at radius 3 is 2.34 bits per heavy atom. The first-order valence-corrected chi connectivity index (χ1v) is 10.9. The fourth-order valence-corrected chi connectivity index (χ4v) is 4.60. The van der Waals surface area contributed by atoms with Crippen molar-refractivity contribution in [2.75, 3.05) is 6.54 Å². The van der Waals surface area contributed by atoms with Gasteiger partial charge in [-0.15, -0.1) is 0 Å². The molecule has 2 heterocycles. The average Bonchev–Trinajstić information content (AvgIpc) is 2.68. The molecule has 0 unspecified atom stereocenters. The fraction of sp³-hybridized carbons (Fsp3) is 0.480. The maximum Gasteiger partial charge on any atom is 0.410 e. The van der Waals surface area contributed by atoms with Crippen LogP contribution in [0.25, 0.3) is 11.1 Å². The highest BCUT2D eigenvalue weighted by molar-refractivity contribution is 5.74. The number of nitrogens with zero attached hydrogens (tertiary/aromatic N) is 2. The molecule has 3 rings (SSSR count). The molecule has 1 N–H and O–H groups in total. The first-order valence-electron chi connectivity index (χ1n) is 10.9. The molecule has 1 fully saturated rings. The molecule has 7 heteroatoms. The first-order chi connectivity index (χ1) is 14.9. The third kappa shape index (κ3) is 5.39. The highest BCUT2D eigenvalue weighted by Gasteiger charge is 2.42. The Morgan fingerprint density at radius 2 is 1.78 bits per heavy atom. The molecular formula is C25H33N3O4. The van der Waals surface area contributed by atoms with Crippen LogP contribution in [0.5, 0.6) is 0 Å². The van der Waals surface area contributed by atoms with Gasteiger partial charge in [-0.2, -0.15) is 0 Å². The highest BCUT2D eigenvalue weighted by Crippen LogP contribution is 2.35. The van der Waals surface area contributed by atoms with Crippen molar-refractivity contribution >= 4 is 12.0 Å². The predicted molar refractivity (Wildman–Crippen MR) is 124 cm³/mol. The van der Waals surface area contributed by atoms with Crippen LogP contribution >= 0.6 is 0 Å². The fourth-order valence-electron chi connectivity index (χ4n) is 4.60. The molecule has 2 atom stereocenters. The topological polar surface area (TPSA) is 80.6 Å². The lowest BCUT2D eigenvalue weighted by Gasteiger charge is -2.44. The number of pyridine rings is 1. The number of benzene rings is 1. The number of aromatic nitrogens is 1. The van der Waals surface area contributed by atoms with Crippen LogP contribution in [0.1, 0.15) is 59.1 Å². The molecule has 1 aromatic carbocycles. The number of rotatable bonds is 6. The quantitative estimate of drug-likeness (QED) is 0.737.